The summed E-state index contributed by atoms with van der Waals surface area (Å²) >= 11 is 0. The van der Waals surface area contributed by atoms with Crippen molar-refractivity contribution in [1.29, 1.82) is 0 Å². The van der Waals surface area contributed by atoms with Crippen LogP contribution >= 0.6 is 0 Å². The quantitative estimate of drug-likeness (QED) is 0.0555. The van der Waals surface area contributed by atoms with Crippen molar-refractivity contribution in [3.8, 4) is 11.5 Å². The summed E-state index contributed by atoms with van der Waals surface area (Å²) in [4.78, 5) is 26.7. The minimum absolute atomic E-state index is 0.310. The van der Waals surface area contributed by atoms with Crippen LogP contribution in [-0.2, 0) is 19.1 Å². The summed E-state index contributed by atoms with van der Waals surface area (Å²) in [6, 6.07) is 15.9. The Labute approximate surface area is 277 Å². The van der Waals surface area contributed by atoms with Gasteiger partial charge in [-0.25, -0.2) is 9.59 Å². The van der Waals surface area contributed by atoms with Crippen LogP contribution in [0.15, 0.2) is 48.5 Å². The third-order valence-corrected chi connectivity index (χ3v) is 8.50. The van der Waals surface area contributed by atoms with Gasteiger partial charge in [0, 0.05) is 21.5 Å². The van der Waals surface area contributed by atoms with Gasteiger partial charge in [-0.2, -0.15) is 0 Å². The van der Waals surface area contributed by atoms with E-state index in [0.29, 0.717) is 37.6 Å². The highest BCUT2D eigenvalue weighted by Crippen LogP contribution is 2.44. The normalized spacial score (nSPS) is 12.6. The van der Waals surface area contributed by atoms with Crippen LogP contribution in [0, 0.1) is 0 Å². The Morgan fingerprint density at radius 2 is 0.804 bits per heavy atom. The average Bonchev–Trinajstić information content (AvgIpc) is 3.07. The SMILES string of the molecule is CCCCCCCC(Oc1c2ccccc2c(OC(CCCCCCC)C(=O)OCCCC)c2ccccc12)C(=O)OCCCC. The number of carbonyl (C=O) groups excluding carboxylic acids is 2. The number of ether oxygens (including phenoxy) is 4. The van der Waals surface area contributed by atoms with Gasteiger partial charge in [0.2, 0.25) is 0 Å². The lowest BCUT2D eigenvalue weighted by molar-refractivity contribution is -0.153. The van der Waals surface area contributed by atoms with Crippen LogP contribution in [0.1, 0.15) is 130 Å². The molecule has 3 rings (SSSR count). The second-order valence-corrected chi connectivity index (χ2v) is 12.4. The molecule has 0 aliphatic heterocycles. The Morgan fingerprint density at radius 1 is 0.478 bits per heavy atom. The molecule has 6 heteroatoms. The van der Waals surface area contributed by atoms with Crippen molar-refractivity contribution in [2.24, 2.45) is 0 Å². The molecule has 0 spiro atoms. The first-order valence-corrected chi connectivity index (χ1v) is 18.2. The summed E-state index contributed by atoms with van der Waals surface area (Å²) in [6.07, 6.45) is 14.2. The van der Waals surface area contributed by atoms with Crippen LogP contribution in [0.3, 0.4) is 0 Å². The van der Waals surface area contributed by atoms with Gasteiger partial charge >= 0.3 is 11.9 Å². The van der Waals surface area contributed by atoms with Crippen molar-refractivity contribution in [3.63, 3.8) is 0 Å². The number of fused-ring (bicyclic) bond motifs is 2. The smallest absolute Gasteiger partial charge is 0.347 e. The molecule has 0 radical (unpaired) electrons. The third kappa shape index (κ3) is 11.5. The lowest BCUT2D eigenvalue weighted by Crippen LogP contribution is -2.30. The lowest BCUT2D eigenvalue weighted by atomic mass is 9.99. The van der Waals surface area contributed by atoms with Crippen molar-refractivity contribution in [2.75, 3.05) is 13.2 Å². The fourth-order valence-corrected chi connectivity index (χ4v) is 5.72. The molecule has 0 N–H and O–H groups in total. The largest absolute Gasteiger partial charge is 0.477 e. The number of rotatable bonds is 24. The Kier molecular flexibility index (Phi) is 17.4. The number of hydrogen-bond donors (Lipinski definition) is 0. The summed E-state index contributed by atoms with van der Waals surface area (Å²) < 4.78 is 24.8. The summed E-state index contributed by atoms with van der Waals surface area (Å²) in [5.74, 6) is 0.670. The van der Waals surface area contributed by atoms with Crippen molar-refractivity contribution in [3.05, 3.63) is 48.5 Å². The molecule has 0 heterocycles. The van der Waals surface area contributed by atoms with Crippen molar-refractivity contribution in [1.82, 2.24) is 0 Å². The van der Waals surface area contributed by atoms with Crippen LogP contribution in [0.4, 0.5) is 0 Å². The molecule has 0 saturated heterocycles. The molecule has 6 nitrogen and oxygen atoms in total. The van der Waals surface area contributed by atoms with Gasteiger partial charge in [-0.1, -0.05) is 140 Å². The summed E-state index contributed by atoms with van der Waals surface area (Å²) in [7, 11) is 0. The topological polar surface area (TPSA) is 71.1 Å². The average molecular weight is 635 g/mol. The molecular weight excluding hydrogens is 576 g/mol. The Bertz CT molecular complexity index is 1160. The third-order valence-electron chi connectivity index (χ3n) is 8.50. The molecule has 46 heavy (non-hydrogen) atoms. The molecule has 0 saturated carbocycles. The fraction of sp³-hybridized carbons (Fsp3) is 0.600. The maximum atomic E-state index is 13.4. The van der Waals surface area contributed by atoms with E-state index < -0.39 is 12.2 Å². The highest BCUT2D eigenvalue weighted by Gasteiger charge is 2.28. The van der Waals surface area contributed by atoms with Gasteiger partial charge in [-0.3, -0.25) is 0 Å². The van der Waals surface area contributed by atoms with E-state index >= 15 is 0 Å². The summed E-state index contributed by atoms with van der Waals surface area (Å²) in [5, 5.41) is 3.37. The first-order chi connectivity index (χ1) is 22.5. The van der Waals surface area contributed by atoms with Gasteiger partial charge in [-0.05, 0) is 38.5 Å². The van der Waals surface area contributed by atoms with Gasteiger partial charge in [0.15, 0.2) is 12.2 Å². The summed E-state index contributed by atoms with van der Waals surface area (Å²) in [5.41, 5.74) is 0. The number of benzene rings is 3. The van der Waals surface area contributed by atoms with Crippen LogP contribution < -0.4 is 9.47 Å². The standard InChI is InChI=1S/C40H58O6/c1-5-9-13-15-17-27-35(39(41)43-29-11-7-3)45-37-31-23-19-21-25-33(31)38(34-26-22-20-24-32(34)37)46-36(28-18-16-14-10-6-2)40(42)44-30-12-8-4/h19-26,35-36H,5-18,27-30H2,1-4H3. The highest BCUT2D eigenvalue weighted by molar-refractivity contribution is 6.11. The van der Waals surface area contributed by atoms with Crippen molar-refractivity contribution >= 4 is 33.5 Å². The zero-order chi connectivity index (χ0) is 33.0. The minimum Gasteiger partial charge on any atom is -0.477 e. The maximum Gasteiger partial charge on any atom is 0.347 e. The van der Waals surface area contributed by atoms with E-state index in [1.54, 1.807) is 0 Å². The molecule has 2 atom stereocenters. The predicted octanol–water partition coefficient (Wildman–Crippen LogP) is 10.9. The van der Waals surface area contributed by atoms with E-state index in [9.17, 15) is 9.59 Å². The molecule has 3 aromatic rings. The number of esters is 2. The second kappa shape index (κ2) is 21.5. The molecule has 0 amide bonds. The molecule has 3 aromatic carbocycles. The van der Waals surface area contributed by atoms with Gasteiger partial charge < -0.3 is 18.9 Å². The Morgan fingerprint density at radius 3 is 1.13 bits per heavy atom. The molecule has 0 aromatic heterocycles. The Hall–Kier alpha value is -3.28. The van der Waals surface area contributed by atoms with Gasteiger partial charge in [-0.15, -0.1) is 0 Å². The van der Waals surface area contributed by atoms with Crippen LogP contribution in [0.2, 0.25) is 0 Å². The van der Waals surface area contributed by atoms with Crippen molar-refractivity contribution < 1.29 is 28.5 Å². The molecule has 254 valence electrons. The maximum absolute atomic E-state index is 13.4. The van der Waals surface area contributed by atoms with E-state index in [0.717, 1.165) is 85.8 Å². The monoisotopic (exact) mass is 634 g/mol. The van der Waals surface area contributed by atoms with Gasteiger partial charge in [0.05, 0.1) is 13.2 Å². The molecular formula is C40H58O6. The van der Waals surface area contributed by atoms with Crippen LogP contribution in [-0.4, -0.2) is 37.4 Å². The molecule has 0 aliphatic rings. The van der Waals surface area contributed by atoms with Crippen LogP contribution in [0.5, 0.6) is 11.5 Å². The number of hydrogen-bond acceptors (Lipinski definition) is 6. The van der Waals surface area contributed by atoms with E-state index in [4.69, 9.17) is 18.9 Å². The fourth-order valence-electron chi connectivity index (χ4n) is 5.72. The number of carbonyl (C=O) groups is 2. The molecule has 0 fully saturated rings. The van der Waals surface area contributed by atoms with E-state index in [2.05, 4.69) is 27.7 Å². The van der Waals surface area contributed by atoms with Crippen LogP contribution in [0.25, 0.3) is 21.5 Å². The summed E-state index contributed by atoms with van der Waals surface area (Å²) in [6.45, 7) is 9.36. The minimum atomic E-state index is -0.707. The molecule has 0 aliphatic carbocycles. The lowest BCUT2D eigenvalue weighted by Gasteiger charge is -2.24. The first-order valence-electron chi connectivity index (χ1n) is 18.2. The predicted molar refractivity (Wildman–Crippen MR) is 189 cm³/mol. The zero-order valence-corrected chi connectivity index (χ0v) is 29.0. The zero-order valence-electron chi connectivity index (χ0n) is 29.0. The van der Waals surface area contributed by atoms with Gasteiger partial charge in [0.25, 0.3) is 0 Å². The Balaban J connectivity index is 2.00. The second-order valence-electron chi connectivity index (χ2n) is 12.4. The highest BCUT2D eigenvalue weighted by atomic mass is 16.6. The van der Waals surface area contributed by atoms with E-state index in [-0.39, 0.29) is 11.9 Å². The van der Waals surface area contributed by atoms with E-state index in [1.807, 2.05) is 48.5 Å². The molecule has 0 bridgehead atoms. The van der Waals surface area contributed by atoms with E-state index in [1.165, 1.54) is 25.7 Å². The number of unbranched alkanes of at least 4 members (excludes halogenated alkanes) is 10. The van der Waals surface area contributed by atoms with Gasteiger partial charge in [0.1, 0.15) is 11.5 Å². The van der Waals surface area contributed by atoms with Crippen molar-refractivity contribution in [2.45, 2.75) is 143 Å². The first kappa shape index (κ1) is 37.2. The molecule has 2 unspecified atom stereocenters.